The third-order valence-corrected chi connectivity index (χ3v) is 6.43. The number of aliphatic hydroxyl groups excluding tert-OH is 3. The molecule has 3 atom stereocenters. The van der Waals surface area contributed by atoms with Gasteiger partial charge in [0.05, 0.1) is 19.3 Å². The van der Waals surface area contributed by atoms with Gasteiger partial charge in [0.25, 0.3) is 0 Å². The van der Waals surface area contributed by atoms with E-state index >= 15 is 0 Å². The lowest BCUT2D eigenvalue weighted by Crippen LogP contribution is -2.39. The van der Waals surface area contributed by atoms with E-state index in [1.807, 2.05) is 91.0 Å². The summed E-state index contributed by atoms with van der Waals surface area (Å²) in [6, 6.07) is 30.2. The molecule has 1 aliphatic carbocycles. The molecule has 3 N–H and O–H groups in total. The van der Waals surface area contributed by atoms with Crippen LogP contribution < -0.4 is 0 Å². The third-order valence-electron chi connectivity index (χ3n) is 6.43. The van der Waals surface area contributed by atoms with Gasteiger partial charge >= 0.3 is 0 Å². The van der Waals surface area contributed by atoms with Crippen LogP contribution in [0.25, 0.3) is 0 Å². The molecule has 3 aromatic carbocycles. The first-order valence-electron chi connectivity index (χ1n) is 10.4. The van der Waals surface area contributed by atoms with Gasteiger partial charge in [-0.25, -0.2) is 0 Å². The number of ether oxygens (including phenoxy) is 1. The van der Waals surface area contributed by atoms with E-state index in [-0.39, 0.29) is 25.7 Å². The maximum absolute atomic E-state index is 10.5. The SMILES string of the molecule is OC[C@@H]1C[C@]1(COC(c1ccccc1)(c1ccccc1)c1ccccc1)[C@H](O)CO. The molecule has 0 amide bonds. The molecule has 0 aromatic heterocycles. The Bertz CT molecular complexity index is 832. The quantitative estimate of drug-likeness (QED) is 0.479. The second-order valence-electron chi connectivity index (χ2n) is 8.08. The Morgan fingerprint density at radius 1 is 0.800 bits per heavy atom. The Hall–Kier alpha value is -2.50. The predicted molar refractivity (Wildman–Crippen MR) is 116 cm³/mol. The summed E-state index contributed by atoms with van der Waals surface area (Å²) in [5.74, 6) is -0.0836. The van der Waals surface area contributed by atoms with Gasteiger partial charge in [0.2, 0.25) is 0 Å². The van der Waals surface area contributed by atoms with Gasteiger partial charge in [0.1, 0.15) is 5.60 Å². The Labute approximate surface area is 177 Å². The van der Waals surface area contributed by atoms with E-state index in [2.05, 4.69) is 0 Å². The van der Waals surface area contributed by atoms with Crippen molar-refractivity contribution >= 4 is 0 Å². The van der Waals surface area contributed by atoms with Crippen LogP contribution in [0.4, 0.5) is 0 Å². The first-order chi connectivity index (χ1) is 14.7. The summed E-state index contributed by atoms with van der Waals surface area (Å²) in [6.07, 6.45) is -0.311. The summed E-state index contributed by atoms with van der Waals surface area (Å²) in [5.41, 5.74) is 1.42. The van der Waals surface area contributed by atoms with Gasteiger partial charge in [-0.1, -0.05) is 91.0 Å². The van der Waals surface area contributed by atoms with Crippen LogP contribution in [0.5, 0.6) is 0 Å². The maximum atomic E-state index is 10.5. The van der Waals surface area contributed by atoms with Gasteiger partial charge in [0, 0.05) is 12.0 Å². The lowest BCUT2D eigenvalue weighted by molar-refractivity contribution is -0.0679. The van der Waals surface area contributed by atoms with Gasteiger partial charge in [-0.05, 0) is 29.0 Å². The van der Waals surface area contributed by atoms with Crippen molar-refractivity contribution in [2.45, 2.75) is 18.1 Å². The lowest BCUT2D eigenvalue weighted by atomic mass is 9.79. The summed E-state index contributed by atoms with van der Waals surface area (Å²) in [4.78, 5) is 0. The van der Waals surface area contributed by atoms with Crippen LogP contribution in [0.15, 0.2) is 91.0 Å². The molecule has 4 nitrogen and oxygen atoms in total. The lowest BCUT2D eigenvalue weighted by Gasteiger charge is -2.38. The normalized spacial score (nSPS) is 21.9. The van der Waals surface area contributed by atoms with Gasteiger partial charge in [0.15, 0.2) is 0 Å². The fourth-order valence-electron chi connectivity index (χ4n) is 4.52. The van der Waals surface area contributed by atoms with Crippen molar-refractivity contribution in [1.29, 1.82) is 0 Å². The minimum absolute atomic E-state index is 0.0323. The van der Waals surface area contributed by atoms with E-state index in [0.29, 0.717) is 6.42 Å². The zero-order valence-corrected chi connectivity index (χ0v) is 16.9. The summed E-state index contributed by atoms with van der Waals surface area (Å²) in [7, 11) is 0. The Kier molecular flexibility index (Phi) is 6.02. The molecular formula is C26H28O4. The largest absolute Gasteiger partial charge is 0.396 e. The second kappa shape index (κ2) is 8.70. The molecule has 3 aromatic rings. The molecule has 30 heavy (non-hydrogen) atoms. The van der Waals surface area contributed by atoms with Crippen LogP contribution in [-0.4, -0.2) is 41.2 Å². The van der Waals surface area contributed by atoms with Crippen LogP contribution >= 0.6 is 0 Å². The predicted octanol–water partition coefficient (Wildman–Crippen LogP) is 3.35. The van der Waals surface area contributed by atoms with Crippen LogP contribution in [0.1, 0.15) is 23.1 Å². The fraction of sp³-hybridized carbons (Fsp3) is 0.308. The van der Waals surface area contributed by atoms with Crippen molar-refractivity contribution < 1.29 is 20.1 Å². The van der Waals surface area contributed by atoms with Crippen molar-refractivity contribution in [3.8, 4) is 0 Å². The highest BCUT2D eigenvalue weighted by molar-refractivity contribution is 5.47. The van der Waals surface area contributed by atoms with E-state index in [9.17, 15) is 15.3 Å². The highest BCUT2D eigenvalue weighted by Gasteiger charge is 2.59. The van der Waals surface area contributed by atoms with Gasteiger partial charge in [-0.15, -0.1) is 0 Å². The van der Waals surface area contributed by atoms with Crippen molar-refractivity contribution in [2.24, 2.45) is 11.3 Å². The zero-order valence-electron chi connectivity index (χ0n) is 16.9. The minimum Gasteiger partial charge on any atom is -0.396 e. The van der Waals surface area contributed by atoms with Crippen LogP contribution in [-0.2, 0) is 10.3 Å². The molecule has 4 heteroatoms. The number of aliphatic hydroxyl groups is 3. The number of rotatable bonds is 9. The molecule has 1 aliphatic rings. The number of hydrogen-bond acceptors (Lipinski definition) is 4. The summed E-state index contributed by atoms with van der Waals surface area (Å²) in [5, 5.41) is 29.9. The second-order valence-corrected chi connectivity index (χ2v) is 8.08. The van der Waals surface area contributed by atoms with Crippen molar-refractivity contribution in [1.82, 2.24) is 0 Å². The van der Waals surface area contributed by atoms with Gasteiger partial charge in [-0.3, -0.25) is 0 Å². The maximum Gasteiger partial charge on any atom is 0.143 e. The average molecular weight is 405 g/mol. The van der Waals surface area contributed by atoms with Crippen LogP contribution in [0, 0.1) is 11.3 Å². The molecule has 1 fully saturated rings. The fourth-order valence-corrected chi connectivity index (χ4v) is 4.52. The molecule has 0 radical (unpaired) electrons. The minimum atomic E-state index is -0.935. The molecule has 0 unspecified atom stereocenters. The highest BCUT2D eigenvalue weighted by atomic mass is 16.5. The van der Waals surface area contributed by atoms with E-state index in [1.54, 1.807) is 0 Å². The molecule has 0 saturated heterocycles. The molecule has 1 saturated carbocycles. The summed E-state index contributed by atoms with van der Waals surface area (Å²) >= 11 is 0. The zero-order chi connectivity index (χ0) is 21.0. The Balaban J connectivity index is 1.83. The molecule has 156 valence electrons. The highest BCUT2D eigenvalue weighted by Crippen LogP contribution is 2.56. The Morgan fingerprint density at radius 2 is 1.23 bits per heavy atom. The standard InChI is InChI=1S/C26H28O4/c27-17-23-16-25(23,24(29)18-28)19-30-26(20-10-4-1-5-11-20,21-12-6-2-7-13-21)22-14-8-3-9-15-22/h1-15,23-24,27-29H,16-19H2/t23-,24+,25+/m0/s1. The number of benzene rings is 3. The molecule has 0 heterocycles. The molecule has 0 bridgehead atoms. The monoisotopic (exact) mass is 404 g/mol. The van der Waals surface area contributed by atoms with E-state index in [4.69, 9.17) is 4.74 Å². The average Bonchev–Trinajstić information content (AvgIpc) is 3.56. The first-order valence-corrected chi connectivity index (χ1v) is 10.4. The van der Waals surface area contributed by atoms with Gasteiger partial charge < -0.3 is 20.1 Å². The van der Waals surface area contributed by atoms with Crippen molar-refractivity contribution in [3.05, 3.63) is 108 Å². The van der Waals surface area contributed by atoms with E-state index < -0.39 is 17.1 Å². The van der Waals surface area contributed by atoms with Crippen molar-refractivity contribution in [3.63, 3.8) is 0 Å². The number of hydrogen-bond donors (Lipinski definition) is 3. The summed E-state index contributed by atoms with van der Waals surface area (Å²) < 4.78 is 6.79. The van der Waals surface area contributed by atoms with Gasteiger partial charge in [-0.2, -0.15) is 0 Å². The van der Waals surface area contributed by atoms with Crippen LogP contribution in [0.2, 0.25) is 0 Å². The van der Waals surface area contributed by atoms with Crippen molar-refractivity contribution in [2.75, 3.05) is 19.8 Å². The molecule has 4 rings (SSSR count). The topological polar surface area (TPSA) is 69.9 Å². The third kappa shape index (κ3) is 3.57. The molecule has 0 spiro atoms. The molecule has 0 aliphatic heterocycles. The summed E-state index contributed by atoms with van der Waals surface area (Å²) in [6.45, 7) is -0.164. The van der Waals surface area contributed by atoms with Crippen LogP contribution in [0.3, 0.4) is 0 Å². The van der Waals surface area contributed by atoms with E-state index in [0.717, 1.165) is 16.7 Å². The Morgan fingerprint density at radius 3 is 1.57 bits per heavy atom. The smallest absolute Gasteiger partial charge is 0.143 e. The van der Waals surface area contributed by atoms with E-state index in [1.165, 1.54) is 0 Å². The molecular weight excluding hydrogens is 376 g/mol. The first kappa shape index (κ1) is 20.8.